The van der Waals surface area contributed by atoms with E-state index in [1.54, 1.807) is 6.07 Å². The van der Waals surface area contributed by atoms with Gasteiger partial charge in [-0.25, -0.2) is 4.79 Å². The lowest BCUT2D eigenvalue weighted by atomic mass is 9.64. The van der Waals surface area contributed by atoms with Crippen molar-refractivity contribution in [2.45, 2.75) is 46.5 Å². The van der Waals surface area contributed by atoms with Gasteiger partial charge in [-0.2, -0.15) is 0 Å². The summed E-state index contributed by atoms with van der Waals surface area (Å²) in [7, 11) is 1.25. The molecule has 0 aromatic carbocycles. The van der Waals surface area contributed by atoms with Gasteiger partial charge in [-0.3, -0.25) is 4.79 Å². The summed E-state index contributed by atoms with van der Waals surface area (Å²) in [6, 6.07) is 1.65. The lowest BCUT2D eigenvalue weighted by molar-refractivity contribution is -0.130. The normalized spacial score (nSPS) is 23.8. The third-order valence-corrected chi connectivity index (χ3v) is 6.51. The van der Waals surface area contributed by atoms with Crippen molar-refractivity contribution in [3.63, 3.8) is 0 Å². The summed E-state index contributed by atoms with van der Waals surface area (Å²) in [4.78, 5) is 24.4. The molecule has 0 unspecified atom stereocenters. The topological polar surface area (TPSA) is 64.6 Å². The highest BCUT2D eigenvalue weighted by Crippen LogP contribution is 2.46. The maximum absolute atomic E-state index is 13.1. The van der Waals surface area contributed by atoms with E-state index in [1.165, 1.54) is 18.4 Å². The van der Waals surface area contributed by atoms with Crippen LogP contribution in [0.3, 0.4) is 0 Å². The Bertz CT molecular complexity index is 606. The van der Waals surface area contributed by atoms with Crippen LogP contribution in [-0.2, 0) is 9.53 Å². The van der Waals surface area contributed by atoms with Gasteiger partial charge in [-0.1, -0.05) is 20.8 Å². The second kappa shape index (κ2) is 7.87. The van der Waals surface area contributed by atoms with Crippen LogP contribution in [0.4, 0.5) is 9.80 Å². The summed E-state index contributed by atoms with van der Waals surface area (Å²) in [6.45, 7) is 6.44. The maximum atomic E-state index is 13.1. The number of rotatable bonds is 4. The molecule has 1 N–H and O–H groups in total. The highest BCUT2D eigenvalue weighted by atomic mass is 79.9. The molecule has 1 aromatic rings. The van der Waals surface area contributed by atoms with Crippen LogP contribution < -0.4 is 10.1 Å². The molecule has 1 aliphatic carbocycles. The van der Waals surface area contributed by atoms with Gasteiger partial charge in [0.2, 0.25) is 5.91 Å². The minimum Gasteiger partial charge on any atom is -0.437 e. The van der Waals surface area contributed by atoms with E-state index in [0.29, 0.717) is 16.7 Å². The third kappa shape index (κ3) is 4.11. The molecule has 134 valence electrons. The number of anilines is 1. The number of carbonyl (C=O) groups is 2. The van der Waals surface area contributed by atoms with Crippen molar-refractivity contribution in [2.24, 2.45) is 17.3 Å². The largest absolute Gasteiger partial charge is 0.513 e. The molecule has 0 spiro atoms. The number of ether oxygens (including phenoxy) is 2. The van der Waals surface area contributed by atoms with E-state index in [0.717, 1.165) is 29.5 Å². The summed E-state index contributed by atoms with van der Waals surface area (Å²) < 4.78 is 10.4. The minimum atomic E-state index is -0.805. The van der Waals surface area contributed by atoms with Crippen molar-refractivity contribution >= 4 is 44.3 Å². The lowest BCUT2D eigenvalue weighted by Gasteiger charge is -2.41. The molecule has 1 heterocycles. The predicted molar refractivity (Wildman–Crippen MR) is 98.6 cm³/mol. The van der Waals surface area contributed by atoms with Crippen LogP contribution in [0, 0.1) is 17.3 Å². The van der Waals surface area contributed by atoms with E-state index >= 15 is 0 Å². The molecule has 2 rings (SSSR count). The van der Waals surface area contributed by atoms with Crippen LogP contribution in [0.5, 0.6) is 5.75 Å². The Kier molecular flexibility index (Phi) is 6.31. The van der Waals surface area contributed by atoms with Crippen molar-refractivity contribution in [2.75, 3.05) is 12.4 Å². The average molecular weight is 418 g/mol. The van der Waals surface area contributed by atoms with Crippen LogP contribution in [0.2, 0.25) is 0 Å². The molecule has 1 fully saturated rings. The zero-order chi connectivity index (χ0) is 17.9. The maximum Gasteiger partial charge on any atom is 0.513 e. The first-order valence-electron chi connectivity index (χ1n) is 8.15. The summed E-state index contributed by atoms with van der Waals surface area (Å²) in [5.41, 5.74) is -0.370. The van der Waals surface area contributed by atoms with E-state index in [-0.39, 0.29) is 17.2 Å². The molecule has 7 heteroatoms. The molecule has 0 radical (unpaired) electrons. The van der Waals surface area contributed by atoms with Crippen LogP contribution in [0.25, 0.3) is 0 Å². The molecule has 0 atom stereocenters. The fourth-order valence-corrected chi connectivity index (χ4v) is 4.61. The number of hydrogen-bond acceptors (Lipinski definition) is 5. The van der Waals surface area contributed by atoms with Crippen molar-refractivity contribution in [1.82, 2.24) is 0 Å². The molecular weight excluding hydrogens is 394 g/mol. The van der Waals surface area contributed by atoms with E-state index < -0.39 is 6.16 Å². The smallest absolute Gasteiger partial charge is 0.437 e. The third-order valence-electron chi connectivity index (χ3n) is 4.98. The monoisotopic (exact) mass is 417 g/mol. The van der Waals surface area contributed by atoms with Gasteiger partial charge in [0.1, 0.15) is 5.00 Å². The van der Waals surface area contributed by atoms with Gasteiger partial charge < -0.3 is 14.8 Å². The fraction of sp³-hybridized carbons (Fsp3) is 0.647. The van der Waals surface area contributed by atoms with Crippen molar-refractivity contribution < 1.29 is 19.1 Å². The van der Waals surface area contributed by atoms with Crippen LogP contribution >= 0.6 is 27.3 Å². The van der Waals surface area contributed by atoms with Gasteiger partial charge in [0, 0.05) is 6.07 Å². The summed E-state index contributed by atoms with van der Waals surface area (Å²) >= 11 is 4.69. The highest BCUT2D eigenvalue weighted by molar-refractivity contribution is 9.11. The second-order valence-corrected chi connectivity index (χ2v) is 9.18. The molecule has 0 bridgehead atoms. The SMILES string of the molecule is COC(=O)Oc1cc(Br)sc1NC(=O)C1(C(C)C)CCC(C)CC1. The lowest BCUT2D eigenvalue weighted by Crippen LogP contribution is -2.43. The van der Waals surface area contributed by atoms with E-state index in [4.69, 9.17) is 4.74 Å². The first-order chi connectivity index (χ1) is 11.3. The number of halogens is 1. The predicted octanol–water partition coefficient (Wildman–Crippen LogP) is 5.45. The molecule has 1 amide bonds. The molecule has 5 nitrogen and oxygen atoms in total. The number of methoxy groups -OCH3 is 1. The van der Waals surface area contributed by atoms with Crippen molar-refractivity contribution in [3.8, 4) is 5.75 Å². The summed E-state index contributed by atoms with van der Waals surface area (Å²) in [6.07, 6.45) is 3.09. The highest BCUT2D eigenvalue weighted by Gasteiger charge is 2.43. The number of hydrogen-bond donors (Lipinski definition) is 1. The van der Waals surface area contributed by atoms with Gasteiger partial charge >= 0.3 is 6.16 Å². The average Bonchev–Trinajstić information content (AvgIpc) is 2.86. The fourth-order valence-electron chi connectivity index (χ4n) is 3.21. The molecular formula is C17H24BrNO4S. The summed E-state index contributed by atoms with van der Waals surface area (Å²) in [5.74, 6) is 1.22. The Hall–Kier alpha value is -1.08. The van der Waals surface area contributed by atoms with Gasteiger partial charge in [-0.15, -0.1) is 11.3 Å². The van der Waals surface area contributed by atoms with Crippen LogP contribution in [0.15, 0.2) is 9.85 Å². The first-order valence-corrected chi connectivity index (χ1v) is 9.76. The molecule has 24 heavy (non-hydrogen) atoms. The quantitative estimate of drug-likeness (QED) is 0.661. The number of nitrogens with one attached hydrogen (secondary N) is 1. The van der Waals surface area contributed by atoms with Gasteiger partial charge in [-0.05, 0) is 53.4 Å². The number of amides is 1. The molecule has 0 aliphatic heterocycles. The zero-order valence-electron chi connectivity index (χ0n) is 14.5. The molecule has 1 aromatic heterocycles. The van der Waals surface area contributed by atoms with Crippen molar-refractivity contribution in [3.05, 3.63) is 9.85 Å². The Morgan fingerprint density at radius 3 is 2.54 bits per heavy atom. The van der Waals surface area contributed by atoms with E-state index in [1.807, 2.05) is 0 Å². The van der Waals surface area contributed by atoms with Gasteiger partial charge in [0.15, 0.2) is 5.75 Å². The van der Waals surface area contributed by atoms with E-state index in [2.05, 4.69) is 46.8 Å². The Labute approximate surface area is 155 Å². The molecule has 1 saturated carbocycles. The summed E-state index contributed by atoms with van der Waals surface area (Å²) in [5, 5.41) is 3.51. The van der Waals surface area contributed by atoms with Gasteiger partial charge in [0.05, 0.1) is 16.3 Å². The zero-order valence-corrected chi connectivity index (χ0v) is 16.9. The Morgan fingerprint density at radius 2 is 2.00 bits per heavy atom. The standard InChI is InChI=1S/C17H24BrNO4S/c1-10(2)17(7-5-11(3)6-8-17)15(20)19-14-12(9-13(18)24-14)23-16(21)22-4/h9-11H,5-8H2,1-4H3,(H,19,20). The second-order valence-electron chi connectivity index (χ2n) is 6.75. The Balaban J connectivity index is 2.20. The Morgan fingerprint density at radius 1 is 1.38 bits per heavy atom. The van der Waals surface area contributed by atoms with E-state index in [9.17, 15) is 9.59 Å². The van der Waals surface area contributed by atoms with Crippen LogP contribution in [0.1, 0.15) is 46.5 Å². The van der Waals surface area contributed by atoms with Gasteiger partial charge in [0.25, 0.3) is 0 Å². The number of carbonyl (C=O) groups excluding carboxylic acids is 2. The molecule has 1 aliphatic rings. The minimum absolute atomic E-state index is 0.00784. The van der Waals surface area contributed by atoms with Crippen LogP contribution in [-0.4, -0.2) is 19.2 Å². The van der Waals surface area contributed by atoms with Crippen molar-refractivity contribution in [1.29, 1.82) is 0 Å². The first kappa shape index (κ1) is 19.2. The molecule has 0 saturated heterocycles. The number of thiophene rings is 1.